The molecule has 0 aliphatic rings. The molecule has 3 aromatic carbocycles. The van der Waals surface area contributed by atoms with E-state index in [9.17, 15) is 4.79 Å². The summed E-state index contributed by atoms with van der Waals surface area (Å²) in [5.74, 6) is 2.08. The van der Waals surface area contributed by atoms with Crippen LogP contribution in [0.25, 0.3) is 0 Å². The molecule has 1 atom stereocenters. The van der Waals surface area contributed by atoms with Crippen LogP contribution in [0, 0.1) is 0 Å². The van der Waals surface area contributed by atoms with E-state index in [1.807, 2.05) is 78.9 Å². The Morgan fingerprint density at radius 1 is 0.774 bits per heavy atom. The fraction of sp³-hybridized carbons (Fsp3) is 0.240. The van der Waals surface area contributed by atoms with Gasteiger partial charge in [0.1, 0.15) is 23.0 Å². The second-order valence-corrected chi connectivity index (χ2v) is 6.85. The number of aliphatic carboxylic acids is 1. The maximum atomic E-state index is 11.0. The molecular weight excluding hydrogens is 396 g/mol. The van der Waals surface area contributed by atoms with Gasteiger partial charge in [-0.05, 0) is 54.1 Å². The first-order valence-electron chi connectivity index (χ1n) is 10.1. The first-order chi connectivity index (χ1) is 15.1. The highest BCUT2D eigenvalue weighted by Gasteiger charge is 2.16. The van der Waals surface area contributed by atoms with Gasteiger partial charge in [-0.15, -0.1) is 0 Å². The van der Waals surface area contributed by atoms with Crippen LogP contribution in [0.15, 0.2) is 78.9 Å². The number of para-hydroxylation sites is 1. The van der Waals surface area contributed by atoms with Gasteiger partial charge in [-0.25, -0.2) is 4.79 Å². The van der Waals surface area contributed by atoms with Gasteiger partial charge in [-0.3, -0.25) is 0 Å². The van der Waals surface area contributed by atoms with Gasteiger partial charge in [0.05, 0.1) is 13.2 Å². The maximum absolute atomic E-state index is 11.0. The van der Waals surface area contributed by atoms with Crippen molar-refractivity contribution in [3.05, 3.63) is 84.4 Å². The highest BCUT2D eigenvalue weighted by atomic mass is 16.5. The van der Waals surface area contributed by atoms with Crippen LogP contribution in [-0.4, -0.2) is 37.5 Å². The molecule has 0 spiro atoms. The van der Waals surface area contributed by atoms with E-state index in [1.165, 1.54) is 7.11 Å². The molecule has 0 bridgehead atoms. The van der Waals surface area contributed by atoms with E-state index in [4.69, 9.17) is 24.1 Å². The molecule has 0 fully saturated rings. The minimum Gasteiger partial charge on any atom is -0.493 e. The van der Waals surface area contributed by atoms with Gasteiger partial charge in [-0.1, -0.05) is 30.3 Å². The van der Waals surface area contributed by atoms with Crippen molar-refractivity contribution in [3.8, 4) is 23.0 Å². The summed E-state index contributed by atoms with van der Waals surface area (Å²) in [5.41, 5.74) is 0.879. The van der Waals surface area contributed by atoms with Crippen molar-refractivity contribution in [3.63, 3.8) is 0 Å². The van der Waals surface area contributed by atoms with Crippen molar-refractivity contribution in [2.75, 3.05) is 20.3 Å². The zero-order valence-corrected chi connectivity index (χ0v) is 17.4. The molecule has 0 saturated heterocycles. The number of carbonyl (C=O) groups is 1. The second kappa shape index (κ2) is 11.6. The molecule has 6 heteroatoms. The van der Waals surface area contributed by atoms with Gasteiger partial charge in [0.15, 0.2) is 6.10 Å². The van der Waals surface area contributed by atoms with Gasteiger partial charge in [0.25, 0.3) is 0 Å². The zero-order valence-electron chi connectivity index (χ0n) is 17.4. The van der Waals surface area contributed by atoms with E-state index in [-0.39, 0.29) is 0 Å². The molecule has 3 aromatic rings. The summed E-state index contributed by atoms with van der Waals surface area (Å²) in [7, 11) is 1.39. The van der Waals surface area contributed by atoms with Gasteiger partial charge in [-0.2, -0.15) is 0 Å². The van der Waals surface area contributed by atoms with Crippen molar-refractivity contribution in [1.82, 2.24) is 0 Å². The first kappa shape index (κ1) is 22.2. The summed E-state index contributed by atoms with van der Waals surface area (Å²) in [4.78, 5) is 11.0. The lowest BCUT2D eigenvalue weighted by molar-refractivity contribution is -0.148. The van der Waals surface area contributed by atoms with Crippen LogP contribution in [0.1, 0.15) is 12.0 Å². The highest BCUT2D eigenvalue weighted by molar-refractivity contribution is 5.72. The Morgan fingerprint density at radius 3 is 1.84 bits per heavy atom. The van der Waals surface area contributed by atoms with Crippen LogP contribution >= 0.6 is 0 Å². The summed E-state index contributed by atoms with van der Waals surface area (Å²) in [6.45, 7) is 1.05. The Morgan fingerprint density at radius 2 is 1.29 bits per heavy atom. The van der Waals surface area contributed by atoms with Crippen molar-refractivity contribution >= 4 is 5.97 Å². The van der Waals surface area contributed by atoms with E-state index in [2.05, 4.69) is 0 Å². The number of hydrogen-bond acceptors (Lipinski definition) is 5. The molecule has 0 amide bonds. The molecular formula is C25H26O6. The van der Waals surface area contributed by atoms with Crippen LogP contribution in [0.3, 0.4) is 0 Å². The molecule has 0 saturated carbocycles. The Bertz CT molecular complexity index is 922. The Kier molecular flexibility index (Phi) is 8.31. The van der Waals surface area contributed by atoms with E-state index in [1.54, 1.807) is 0 Å². The molecule has 6 nitrogen and oxygen atoms in total. The molecule has 1 unspecified atom stereocenters. The third-order valence-corrected chi connectivity index (χ3v) is 4.53. The fourth-order valence-electron chi connectivity index (χ4n) is 2.87. The van der Waals surface area contributed by atoms with Crippen LogP contribution in [0.2, 0.25) is 0 Å². The summed E-state index contributed by atoms with van der Waals surface area (Å²) >= 11 is 0. The number of carboxylic acid groups (broad SMARTS) is 1. The maximum Gasteiger partial charge on any atom is 0.333 e. The lowest BCUT2D eigenvalue weighted by Gasteiger charge is -2.11. The fourth-order valence-corrected chi connectivity index (χ4v) is 2.87. The molecule has 0 aliphatic carbocycles. The number of ether oxygens (including phenoxy) is 4. The molecule has 0 aromatic heterocycles. The van der Waals surface area contributed by atoms with Crippen molar-refractivity contribution in [1.29, 1.82) is 0 Å². The van der Waals surface area contributed by atoms with E-state index in [0.717, 1.165) is 35.0 Å². The predicted octanol–water partition coefficient (Wildman–Crippen LogP) is 4.97. The molecule has 0 heterocycles. The third kappa shape index (κ3) is 7.35. The van der Waals surface area contributed by atoms with Gasteiger partial charge in [0.2, 0.25) is 0 Å². The third-order valence-electron chi connectivity index (χ3n) is 4.53. The molecule has 1 N–H and O–H groups in total. The van der Waals surface area contributed by atoms with E-state index in [0.29, 0.717) is 19.6 Å². The summed E-state index contributed by atoms with van der Waals surface area (Å²) in [5, 5.41) is 9.04. The molecule has 3 rings (SSSR count). The highest BCUT2D eigenvalue weighted by Crippen LogP contribution is 2.23. The largest absolute Gasteiger partial charge is 0.493 e. The SMILES string of the molecule is COC(Cc1ccc(OCCCOc2ccc(Oc3ccccc3)cc2)cc1)C(=O)O. The number of methoxy groups -OCH3 is 1. The van der Waals surface area contributed by atoms with Crippen molar-refractivity contribution in [2.24, 2.45) is 0 Å². The number of rotatable bonds is 12. The first-order valence-corrected chi connectivity index (χ1v) is 10.1. The van der Waals surface area contributed by atoms with E-state index >= 15 is 0 Å². The van der Waals surface area contributed by atoms with Gasteiger partial charge in [0, 0.05) is 20.0 Å². The quantitative estimate of drug-likeness (QED) is 0.416. The van der Waals surface area contributed by atoms with Crippen LogP contribution in [0.5, 0.6) is 23.0 Å². The lowest BCUT2D eigenvalue weighted by Crippen LogP contribution is -2.24. The normalized spacial score (nSPS) is 11.5. The average Bonchev–Trinajstić information content (AvgIpc) is 2.80. The lowest BCUT2D eigenvalue weighted by atomic mass is 10.1. The van der Waals surface area contributed by atoms with Gasteiger partial charge >= 0.3 is 5.97 Å². The van der Waals surface area contributed by atoms with E-state index < -0.39 is 12.1 Å². The Hall–Kier alpha value is -3.51. The Balaban J connectivity index is 1.35. The number of carboxylic acids is 1. The van der Waals surface area contributed by atoms with Crippen molar-refractivity contribution in [2.45, 2.75) is 18.9 Å². The monoisotopic (exact) mass is 422 g/mol. The summed E-state index contributed by atoms with van der Waals surface area (Å²) in [6, 6.07) is 24.5. The van der Waals surface area contributed by atoms with Gasteiger partial charge < -0.3 is 24.1 Å². The smallest absolute Gasteiger partial charge is 0.333 e. The molecule has 0 aliphatic heterocycles. The summed E-state index contributed by atoms with van der Waals surface area (Å²) in [6.07, 6.45) is 0.201. The number of benzene rings is 3. The molecule has 31 heavy (non-hydrogen) atoms. The second-order valence-electron chi connectivity index (χ2n) is 6.85. The van der Waals surface area contributed by atoms with Crippen LogP contribution in [0.4, 0.5) is 0 Å². The van der Waals surface area contributed by atoms with Crippen molar-refractivity contribution < 1.29 is 28.8 Å². The molecule has 0 radical (unpaired) electrons. The standard InChI is InChI=1S/C25H26O6/c1-28-24(25(26)27)18-19-8-10-20(11-9-19)29-16-5-17-30-21-12-14-23(15-13-21)31-22-6-3-2-4-7-22/h2-4,6-15,24H,5,16-18H2,1H3,(H,26,27). The Labute approximate surface area is 182 Å². The minimum atomic E-state index is -0.971. The minimum absolute atomic E-state index is 0.315. The summed E-state index contributed by atoms with van der Waals surface area (Å²) < 4.78 is 22.2. The number of hydrogen-bond donors (Lipinski definition) is 1. The predicted molar refractivity (Wildman–Crippen MR) is 117 cm³/mol. The van der Waals surface area contributed by atoms with Crippen LogP contribution < -0.4 is 14.2 Å². The van der Waals surface area contributed by atoms with Crippen LogP contribution in [-0.2, 0) is 16.0 Å². The topological polar surface area (TPSA) is 74.2 Å². The molecule has 162 valence electrons. The average molecular weight is 422 g/mol. The zero-order chi connectivity index (χ0) is 21.9.